The molecule has 0 aliphatic carbocycles. The number of fused-ring (bicyclic) bond motifs is 1. The van der Waals surface area contributed by atoms with Crippen LogP contribution in [0.5, 0.6) is 5.75 Å². The van der Waals surface area contributed by atoms with Gasteiger partial charge in [-0.25, -0.2) is 9.78 Å². The minimum absolute atomic E-state index is 0.231. The van der Waals surface area contributed by atoms with Crippen molar-refractivity contribution in [3.8, 4) is 5.75 Å². The first kappa shape index (κ1) is 17.0. The highest BCUT2D eigenvalue weighted by Gasteiger charge is 2.21. The third-order valence-electron chi connectivity index (χ3n) is 3.32. The molecule has 0 radical (unpaired) electrons. The molecule has 0 atom stereocenters. The number of amides is 3. The van der Waals surface area contributed by atoms with Gasteiger partial charge in [0.1, 0.15) is 11.3 Å². The van der Waals surface area contributed by atoms with Gasteiger partial charge in [0.2, 0.25) is 5.13 Å². The molecule has 9 heteroatoms. The zero-order valence-corrected chi connectivity index (χ0v) is 14.6. The van der Waals surface area contributed by atoms with Gasteiger partial charge >= 0.3 is 6.03 Å². The molecule has 3 amide bonds. The maximum Gasteiger partial charge on any atom is 0.340 e. The van der Waals surface area contributed by atoms with Crippen LogP contribution in [-0.2, 0) is 0 Å². The van der Waals surface area contributed by atoms with Gasteiger partial charge in [-0.05, 0) is 36.4 Å². The fourth-order valence-corrected chi connectivity index (χ4v) is 3.21. The first-order valence-electron chi connectivity index (χ1n) is 7.09. The molecule has 0 saturated carbocycles. The Bertz CT molecular complexity index is 942. The van der Waals surface area contributed by atoms with Gasteiger partial charge in [0.05, 0.1) is 11.8 Å². The summed E-state index contributed by atoms with van der Waals surface area (Å²) in [5, 5.41) is 1.64. The number of hydrogen-bond donors (Lipinski definition) is 2. The van der Waals surface area contributed by atoms with Gasteiger partial charge in [-0.1, -0.05) is 29.0 Å². The molecule has 0 bridgehead atoms. The topological polar surface area (TPSA) is 97.5 Å². The van der Waals surface area contributed by atoms with Gasteiger partial charge < -0.3 is 10.5 Å². The van der Waals surface area contributed by atoms with Gasteiger partial charge in [-0.15, -0.1) is 0 Å². The third kappa shape index (κ3) is 3.49. The molecule has 3 rings (SSSR count). The summed E-state index contributed by atoms with van der Waals surface area (Å²) in [6, 6.07) is 10.8. The maximum atomic E-state index is 12.3. The number of anilines is 1. The van der Waals surface area contributed by atoms with Crippen molar-refractivity contribution in [2.24, 2.45) is 5.73 Å². The quantitative estimate of drug-likeness (QED) is 0.686. The molecular weight excluding hydrogens is 364 g/mol. The highest BCUT2D eigenvalue weighted by molar-refractivity contribution is 7.22. The predicted octanol–water partition coefficient (Wildman–Crippen LogP) is 3.19. The molecule has 25 heavy (non-hydrogen) atoms. The summed E-state index contributed by atoms with van der Waals surface area (Å²) < 4.78 is 6.05. The van der Waals surface area contributed by atoms with Gasteiger partial charge in [0, 0.05) is 10.6 Å². The van der Waals surface area contributed by atoms with E-state index in [-0.39, 0.29) is 5.13 Å². The summed E-state index contributed by atoms with van der Waals surface area (Å²) in [4.78, 5) is 28.5. The van der Waals surface area contributed by atoms with Crippen molar-refractivity contribution in [2.45, 2.75) is 0 Å². The summed E-state index contributed by atoms with van der Waals surface area (Å²) in [5.74, 6) is 0.0511. The molecule has 128 valence electrons. The molecule has 3 N–H and O–H groups in total. The zero-order valence-electron chi connectivity index (χ0n) is 13.0. The van der Waals surface area contributed by atoms with Crippen LogP contribution >= 0.6 is 22.9 Å². The molecular formula is C16H13ClN4O3S. The molecule has 0 aliphatic heterocycles. The Kier molecular flexibility index (Phi) is 4.73. The van der Waals surface area contributed by atoms with Crippen LogP contribution < -0.4 is 20.9 Å². The number of primary amides is 1. The molecule has 0 saturated heterocycles. The number of aromatic nitrogens is 1. The summed E-state index contributed by atoms with van der Waals surface area (Å²) in [6.45, 7) is 0. The molecule has 7 nitrogen and oxygen atoms in total. The van der Waals surface area contributed by atoms with E-state index in [2.05, 4.69) is 10.4 Å². The van der Waals surface area contributed by atoms with Crippen LogP contribution in [0.3, 0.4) is 0 Å². The Labute approximate surface area is 151 Å². The molecule has 0 spiro atoms. The zero-order chi connectivity index (χ0) is 18.0. The lowest BCUT2D eigenvalue weighted by Crippen LogP contribution is -2.49. The number of hydrogen-bond acceptors (Lipinski definition) is 5. The first-order chi connectivity index (χ1) is 12.0. The number of nitrogens with one attached hydrogen (secondary N) is 1. The Morgan fingerprint density at radius 2 is 1.96 bits per heavy atom. The SMILES string of the molecule is COc1cccc2sc(N(NC(=O)c3ccc(Cl)cc3)C(N)=O)nc12. The lowest BCUT2D eigenvalue weighted by molar-refractivity contribution is 0.0951. The van der Waals surface area contributed by atoms with Gasteiger partial charge in [0.15, 0.2) is 0 Å². The fraction of sp³-hybridized carbons (Fsp3) is 0.0625. The number of halogens is 1. The number of urea groups is 1. The molecule has 0 fully saturated rings. The predicted molar refractivity (Wildman–Crippen MR) is 97.2 cm³/mol. The Morgan fingerprint density at radius 3 is 2.60 bits per heavy atom. The van der Waals surface area contributed by atoms with Crippen LogP contribution in [0.2, 0.25) is 5.02 Å². The fourth-order valence-electron chi connectivity index (χ4n) is 2.14. The number of benzene rings is 2. The highest BCUT2D eigenvalue weighted by atomic mass is 35.5. The molecule has 1 heterocycles. The Morgan fingerprint density at radius 1 is 1.24 bits per heavy atom. The average Bonchev–Trinajstić information content (AvgIpc) is 3.03. The van der Waals surface area contributed by atoms with Crippen LogP contribution in [0.4, 0.5) is 9.93 Å². The number of carbonyl (C=O) groups is 2. The number of para-hydroxylation sites is 1. The van der Waals surface area contributed by atoms with Crippen LogP contribution in [0, 0.1) is 0 Å². The van der Waals surface area contributed by atoms with E-state index < -0.39 is 11.9 Å². The van der Waals surface area contributed by atoms with Crippen LogP contribution in [0.15, 0.2) is 42.5 Å². The number of carbonyl (C=O) groups excluding carboxylic acids is 2. The summed E-state index contributed by atoms with van der Waals surface area (Å²) in [6.07, 6.45) is 0. The van der Waals surface area contributed by atoms with E-state index in [0.717, 1.165) is 9.71 Å². The van der Waals surface area contributed by atoms with Crippen molar-refractivity contribution in [2.75, 3.05) is 12.1 Å². The number of hydrazine groups is 1. The third-order valence-corrected chi connectivity index (χ3v) is 4.58. The Balaban J connectivity index is 1.92. The summed E-state index contributed by atoms with van der Waals surface area (Å²) in [7, 11) is 1.53. The molecule has 2 aromatic carbocycles. The molecule has 0 aliphatic rings. The standard InChI is InChI=1S/C16H13ClN4O3S/c1-24-11-3-2-4-12-13(11)19-16(25-12)21(15(18)23)20-14(22)9-5-7-10(17)8-6-9/h2-8H,1H3,(H2,18,23)(H,20,22). The molecule has 1 aromatic heterocycles. The summed E-state index contributed by atoms with van der Waals surface area (Å²) >= 11 is 7.01. The van der Waals surface area contributed by atoms with Crippen molar-refractivity contribution in [1.82, 2.24) is 10.4 Å². The lowest BCUT2D eigenvalue weighted by Gasteiger charge is -2.17. The summed E-state index contributed by atoms with van der Waals surface area (Å²) in [5.41, 5.74) is 8.76. The van der Waals surface area contributed by atoms with Crippen LogP contribution in [0.1, 0.15) is 10.4 Å². The number of thiazole rings is 1. The second kappa shape index (κ2) is 6.96. The van der Waals surface area contributed by atoms with Gasteiger partial charge in [-0.3, -0.25) is 10.2 Å². The number of nitrogens with zero attached hydrogens (tertiary/aromatic N) is 2. The van der Waals surface area contributed by atoms with Crippen molar-refractivity contribution in [1.29, 1.82) is 0 Å². The van der Waals surface area contributed by atoms with Crippen molar-refractivity contribution < 1.29 is 14.3 Å². The molecule has 3 aromatic rings. The minimum Gasteiger partial charge on any atom is -0.494 e. The lowest BCUT2D eigenvalue weighted by atomic mass is 10.2. The largest absolute Gasteiger partial charge is 0.494 e. The minimum atomic E-state index is -0.861. The van der Waals surface area contributed by atoms with Crippen molar-refractivity contribution >= 4 is 50.2 Å². The van der Waals surface area contributed by atoms with E-state index >= 15 is 0 Å². The van der Waals surface area contributed by atoms with Crippen LogP contribution in [0.25, 0.3) is 10.2 Å². The number of rotatable bonds is 3. The molecule has 0 unspecified atom stereocenters. The monoisotopic (exact) mass is 376 g/mol. The van der Waals surface area contributed by atoms with Gasteiger partial charge in [-0.2, -0.15) is 5.01 Å². The second-order valence-corrected chi connectivity index (χ2v) is 6.37. The van der Waals surface area contributed by atoms with E-state index in [4.69, 9.17) is 22.1 Å². The van der Waals surface area contributed by atoms with Gasteiger partial charge in [0.25, 0.3) is 5.91 Å². The second-order valence-electron chi connectivity index (χ2n) is 4.92. The average molecular weight is 377 g/mol. The first-order valence-corrected chi connectivity index (χ1v) is 8.28. The smallest absolute Gasteiger partial charge is 0.340 e. The van der Waals surface area contributed by atoms with E-state index in [1.165, 1.54) is 30.6 Å². The van der Waals surface area contributed by atoms with E-state index in [1.54, 1.807) is 18.2 Å². The normalized spacial score (nSPS) is 10.5. The van der Waals surface area contributed by atoms with E-state index in [9.17, 15) is 9.59 Å². The van der Waals surface area contributed by atoms with Crippen molar-refractivity contribution in [3.63, 3.8) is 0 Å². The highest BCUT2D eigenvalue weighted by Crippen LogP contribution is 2.33. The van der Waals surface area contributed by atoms with Crippen molar-refractivity contribution in [3.05, 3.63) is 53.1 Å². The van der Waals surface area contributed by atoms with Crippen LogP contribution in [-0.4, -0.2) is 24.0 Å². The maximum absolute atomic E-state index is 12.3. The number of ether oxygens (including phenoxy) is 1. The number of nitrogens with two attached hydrogens (primary N) is 1. The van der Waals surface area contributed by atoms with E-state index in [1.807, 2.05) is 12.1 Å². The van der Waals surface area contributed by atoms with E-state index in [0.29, 0.717) is 21.9 Å². The Hall–Kier alpha value is -2.84. The number of methoxy groups -OCH3 is 1.